The van der Waals surface area contributed by atoms with Gasteiger partial charge in [-0.1, -0.05) is 0 Å². The van der Waals surface area contributed by atoms with Crippen LogP contribution >= 0.6 is 0 Å². The van der Waals surface area contributed by atoms with Crippen LogP contribution in [-0.4, -0.2) is 33.7 Å². The van der Waals surface area contributed by atoms with E-state index in [2.05, 4.69) is 4.74 Å². The van der Waals surface area contributed by atoms with Gasteiger partial charge in [0.1, 0.15) is 0 Å². The number of nitrogens with one attached hydrogen (secondary N) is 2. The predicted octanol–water partition coefficient (Wildman–Crippen LogP) is 0.803. The van der Waals surface area contributed by atoms with Crippen LogP contribution in [0.1, 0.15) is 24.2 Å². The number of amides is 1. The quantitative estimate of drug-likeness (QED) is 0.593. The van der Waals surface area contributed by atoms with Gasteiger partial charge in [-0.05, 0) is 38.1 Å². The molecule has 1 aromatic rings. The molecule has 0 atom stereocenters. The summed E-state index contributed by atoms with van der Waals surface area (Å²) in [6.45, 7) is 3.59. The van der Waals surface area contributed by atoms with E-state index in [1.807, 2.05) is 10.3 Å². The summed E-state index contributed by atoms with van der Waals surface area (Å²) in [4.78, 5) is 24.2. The lowest BCUT2D eigenvalue weighted by molar-refractivity contribution is 0.0526. The number of hydrazine groups is 1. The van der Waals surface area contributed by atoms with Crippen molar-refractivity contribution in [3.63, 3.8) is 0 Å². The Labute approximate surface area is 122 Å². The summed E-state index contributed by atoms with van der Waals surface area (Å²) < 4.78 is 33.0. The molecule has 0 spiro atoms. The van der Waals surface area contributed by atoms with E-state index >= 15 is 0 Å². The molecule has 0 aliphatic rings. The summed E-state index contributed by atoms with van der Waals surface area (Å²) in [6.07, 6.45) is -0.913. The molecule has 0 radical (unpaired) electrons. The molecule has 0 saturated heterocycles. The van der Waals surface area contributed by atoms with Crippen LogP contribution in [0.3, 0.4) is 0 Å². The topological polar surface area (TPSA) is 111 Å². The van der Waals surface area contributed by atoms with Crippen molar-refractivity contribution in [1.82, 2.24) is 10.3 Å². The minimum atomic E-state index is -3.94. The van der Waals surface area contributed by atoms with Crippen LogP contribution in [0.5, 0.6) is 0 Å². The van der Waals surface area contributed by atoms with E-state index in [-0.39, 0.29) is 23.7 Å². The SMILES string of the molecule is CCOC(=O)NNS(=O)(=O)c1ccc(C(=O)OCC)cc1. The van der Waals surface area contributed by atoms with Crippen LogP contribution in [0.4, 0.5) is 4.79 Å². The summed E-state index contributed by atoms with van der Waals surface area (Å²) in [7, 11) is -3.94. The number of carbonyl (C=O) groups excluding carboxylic acids is 2. The van der Waals surface area contributed by atoms with Gasteiger partial charge in [-0.25, -0.2) is 23.4 Å². The van der Waals surface area contributed by atoms with Gasteiger partial charge in [0.15, 0.2) is 0 Å². The van der Waals surface area contributed by atoms with Gasteiger partial charge >= 0.3 is 12.1 Å². The third-order valence-electron chi connectivity index (χ3n) is 2.24. The number of hydrogen-bond acceptors (Lipinski definition) is 6. The van der Waals surface area contributed by atoms with Crippen molar-refractivity contribution < 1.29 is 27.5 Å². The average Bonchev–Trinajstić information content (AvgIpc) is 2.46. The van der Waals surface area contributed by atoms with Crippen LogP contribution in [0.25, 0.3) is 0 Å². The standard InChI is InChI=1S/C12H16N2O6S/c1-3-19-11(15)9-5-7-10(8-6-9)21(17,18)14-13-12(16)20-4-2/h5-8,14H,3-4H2,1-2H3,(H,13,16). The highest BCUT2D eigenvalue weighted by Crippen LogP contribution is 2.11. The van der Waals surface area contributed by atoms with Crippen molar-refractivity contribution in [2.24, 2.45) is 0 Å². The lowest BCUT2D eigenvalue weighted by Crippen LogP contribution is -2.41. The zero-order valence-corrected chi connectivity index (χ0v) is 12.4. The molecule has 0 fully saturated rings. The summed E-state index contributed by atoms with van der Waals surface area (Å²) in [5, 5.41) is 0. The van der Waals surface area contributed by atoms with Crippen LogP contribution in [0.2, 0.25) is 0 Å². The highest BCUT2D eigenvalue weighted by atomic mass is 32.2. The number of ether oxygens (including phenoxy) is 2. The molecule has 0 saturated carbocycles. The zero-order valence-electron chi connectivity index (χ0n) is 11.6. The molecule has 0 aromatic heterocycles. The van der Waals surface area contributed by atoms with Crippen molar-refractivity contribution in [2.75, 3.05) is 13.2 Å². The fourth-order valence-electron chi connectivity index (χ4n) is 1.32. The van der Waals surface area contributed by atoms with Gasteiger partial charge in [-0.3, -0.25) is 0 Å². The van der Waals surface area contributed by atoms with Gasteiger partial charge in [0.25, 0.3) is 10.0 Å². The Bertz CT molecular complexity index is 597. The lowest BCUT2D eigenvalue weighted by Gasteiger charge is -2.08. The van der Waals surface area contributed by atoms with Crippen LogP contribution < -0.4 is 10.3 Å². The number of rotatable bonds is 6. The first-order valence-electron chi connectivity index (χ1n) is 6.12. The second-order valence-corrected chi connectivity index (χ2v) is 5.38. The highest BCUT2D eigenvalue weighted by Gasteiger charge is 2.16. The van der Waals surface area contributed by atoms with E-state index in [1.165, 1.54) is 24.3 Å². The maximum Gasteiger partial charge on any atom is 0.422 e. The van der Waals surface area contributed by atoms with E-state index in [1.54, 1.807) is 13.8 Å². The fourth-order valence-corrected chi connectivity index (χ4v) is 2.15. The van der Waals surface area contributed by atoms with Gasteiger partial charge in [-0.15, -0.1) is 4.83 Å². The number of sulfonamides is 1. The van der Waals surface area contributed by atoms with E-state index in [0.29, 0.717) is 0 Å². The Hall–Kier alpha value is -2.13. The van der Waals surface area contributed by atoms with Crippen LogP contribution in [0, 0.1) is 0 Å². The number of hydrogen-bond donors (Lipinski definition) is 2. The Morgan fingerprint density at radius 2 is 1.62 bits per heavy atom. The minimum absolute atomic E-state index is 0.113. The Balaban J connectivity index is 2.76. The van der Waals surface area contributed by atoms with E-state index < -0.39 is 22.1 Å². The smallest absolute Gasteiger partial charge is 0.422 e. The molecule has 0 bridgehead atoms. The first-order valence-corrected chi connectivity index (χ1v) is 7.60. The van der Waals surface area contributed by atoms with Crippen LogP contribution in [-0.2, 0) is 19.5 Å². The molecule has 0 unspecified atom stereocenters. The second-order valence-electron chi connectivity index (χ2n) is 3.70. The van der Waals surface area contributed by atoms with Crippen molar-refractivity contribution >= 4 is 22.1 Å². The molecule has 0 aliphatic heterocycles. The van der Waals surface area contributed by atoms with Gasteiger partial charge in [0, 0.05) is 0 Å². The minimum Gasteiger partial charge on any atom is -0.462 e. The predicted molar refractivity (Wildman–Crippen MR) is 72.9 cm³/mol. The molecule has 8 nitrogen and oxygen atoms in total. The highest BCUT2D eigenvalue weighted by molar-refractivity contribution is 7.89. The molecule has 21 heavy (non-hydrogen) atoms. The molecule has 1 aromatic carbocycles. The summed E-state index contributed by atoms with van der Waals surface area (Å²) in [5.41, 5.74) is 2.12. The van der Waals surface area contributed by atoms with Crippen molar-refractivity contribution in [3.05, 3.63) is 29.8 Å². The molecule has 1 rings (SSSR count). The zero-order chi connectivity index (χ0) is 15.9. The van der Waals surface area contributed by atoms with E-state index in [0.717, 1.165) is 0 Å². The fraction of sp³-hybridized carbons (Fsp3) is 0.333. The number of benzene rings is 1. The molecule has 116 valence electrons. The summed E-state index contributed by atoms with van der Waals surface area (Å²) in [5.74, 6) is -0.543. The normalized spacial score (nSPS) is 10.8. The molecule has 0 aliphatic carbocycles. The summed E-state index contributed by atoms with van der Waals surface area (Å²) in [6, 6.07) is 5.08. The van der Waals surface area contributed by atoms with Crippen molar-refractivity contribution in [2.45, 2.75) is 18.7 Å². The largest absolute Gasteiger partial charge is 0.462 e. The monoisotopic (exact) mass is 316 g/mol. The van der Waals surface area contributed by atoms with Crippen molar-refractivity contribution in [1.29, 1.82) is 0 Å². The number of carbonyl (C=O) groups is 2. The van der Waals surface area contributed by atoms with Crippen molar-refractivity contribution in [3.8, 4) is 0 Å². The summed E-state index contributed by atoms with van der Waals surface area (Å²) >= 11 is 0. The van der Waals surface area contributed by atoms with Gasteiger partial charge in [-0.2, -0.15) is 0 Å². The van der Waals surface area contributed by atoms with Crippen LogP contribution in [0.15, 0.2) is 29.2 Å². The Kier molecular flexibility index (Phi) is 6.12. The average molecular weight is 316 g/mol. The third kappa shape index (κ3) is 5.04. The Morgan fingerprint density at radius 3 is 2.14 bits per heavy atom. The maximum atomic E-state index is 11.9. The third-order valence-corrected chi connectivity index (χ3v) is 3.50. The maximum absolute atomic E-state index is 11.9. The molecular weight excluding hydrogens is 300 g/mol. The Morgan fingerprint density at radius 1 is 1.05 bits per heavy atom. The molecule has 2 N–H and O–H groups in total. The molecular formula is C12H16N2O6S. The van der Waals surface area contributed by atoms with E-state index in [9.17, 15) is 18.0 Å². The molecule has 1 amide bonds. The molecule has 9 heteroatoms. The van der Waals surface area contributed by atoms with Gasteiger partial charge in [0.2, 0.25) is 0 Å². The first kappa shape index (κ1) is 16.9. The first-order chi connectivity index (χ1) is 9.90. The second kappa shape index (κ2) is 7.60. The van der Waals surface area contributed by atoms with E-state index in [4.69, 9.17) is 4.74 Å². The lowest BCUT2D eigenvalue weighted by atomic mass is 10.2. The molecule has 0 heterocycles. The van der Waals surface area contributed by atoms with Gasteiger partial charge < -0.3 is 9.47 Å². The van der Waals surface area contributed by atoms with Gasteiger partial charge in [0.05, 0.1) is 23.7 Å². The number of esters is 1.